The van der Waals surface area contributed by atoms with Gasteiger partial charge in [0.05, 0.1) is 0 Å². The first-order valence-corrected chi connectivity index (χ1v) is 5.40. The Hall–Kier alpha value is 0.480. The van der Waals surface area contributed by atoms with Gasteiger partial charge in [-0.2, -0.15) is 0 Å². The Kier molecular flexibility index (Phi) is 3.75. The smallest absolute Gasteiger partial charge is 0.0177 e. The van der Waals surface area contributed by atoms with Crippen molar-refractivity contribution in [1.82, 2.24) is 0 Å². The van der Waals surface area contributed by atoms with Gasteiger partial charge in [0.25, 0.3) is 0 Å². The first-order valence-electron chi connectivity index (χ1n) is 4.48. The molecule has 0 N–H and O–H groups in total. The summed E-state index contributed by atoms with van der Waals surface area (Å²) in [5, 5.41) is 0. The standard InChI is InChI=1S/C9H17Br/c1-2-3-4-5-6-8-7-9(8)10/h8-9H,2-7H2,1H3/t8-,9+/m0/s1. The van der Waals surface area contributed by atoms with Gasteiger partial charge >= 0.3 is 0 Å². The molecule has 0 aromatic carbocycles. The summed E-state index contributed by atoms with van der Waals surface area (Å²) in [5.41, 5.74) is 0. The predicted molar refractivity (Wildman–Crippen MR) is 49.6 cm³/mol. The molecule has 60 valence electrons. The molecule has 0 aromatic heterocycles. The van der Waals surface area contributed by atoms with Crippen LogP contribution in [0, 0.1) is 5.92 Å². The zero-order valence-electron chi connectivity index (χ0n) is 6.78. The number of halogens is 1. The predicted octanol–water partition coefficient (Wildman–Crippen LogP) is 3.74. The molecular formula is C9H17Br. The highest BCUT2D eigenvalue weighted by Gasteiger charge is 2.33. The molecule has 0 aromatic rings. The molecule has 2 atom stereocenters. The second kappa shape index (κ2) is 4.38. The molecular weight excluding hydrogens is 188 g/mol. The summed E-state index contributed by atoms with van der Waals surface area (Å²) in [4.78, 5) is 0.883. The van der Waals surface area contributed by atoms with E-state index < -0.39 is 0 Å². The van der Waals surface area contributed by atoms with Gasteiger partial charge in [-0.1, -0.05) is 48.5 Å². The van der Waals surface area contributed by atoms with Crippen molar-refractivity contribution in [3.05, 3.63) is 0 Å². The van der Waals surface area contributed by atoms with Crippen LogP contribution in [0.1, 0.15) is 45.4 Å². The topological polar surface area (TPSA) is 0 Å². The zero-order chi connectivity index (χ0) is 7.40. The minimum absolute atomic E-state index is 0.883. The van der Waals surface area contributed by atoms with Gasteiger partial charge in [0.2, 0.25) is 0 Å². The average Bonchev–Trinajstić information content (AvgIpc) is 2.60. The summed E-state index contributed by atoms with van der Waals surface area (Å²) in [6.07, 6.45) is 8.61. The van der Waals surface area contributed by atoms with Crippen LogP contribution in [0.2, 0.25) is 0 Å². The van der Waals surface area contributed by atoms with Crippen LogP contribution in [-0.4, -0.2) is 4.83 Å². The molecule has 0 bridgehead atoms. The van der Waals surface area contributed by atoms with Gasteiger partial charge in [-0.25, -0.2) is 0 Å². The first kappa shape index (κ1) is 8.58. The summed E-state index contributed by atoms with van der Waals surface area (Å²) < 4.78 is 0. The van der Waals surface area contributed by atoms with Crippen molar-refractivity contribution in [1.29, 1.82) is 0 Å². The van der Waals surface area contributed by atoms with E-state index in [1.807, 2.05) is 0 Å². The Labute approximate surface area is 72.5 Å². The van der Waals surface area contributed by atoms with Gasteiger partial charge in [0.1, 0.15) is 0 Å². The summed E-state index contributed by atoms with van der Waals surface area (Å²) in [5.74, 6) is 1.04. The van der Waals surface area contributed by atoms with Gasteiger partial charge in [0.15, 0.2) is 0 Å². The maximum Gasteiger partial charge on any atom is 0.0177 e. The fourth-order valence-electron chi connectivity index (χ4n) is 1.34. The largest absolute Gasteiger partial charge is 0.0888 e. The molecule has 10 heavy (non-hydrogen) atoms. The molecule has 1 aliphatic carbocycles. The third kappa shape index (κ3) is 3.05. The molecule has 0 saturated heterocycles. The molecule has 0 unspecified atom stereocenters. The van der Waals surface area contributed by atoms with E-state index in [9.17, 15) is 0 Å². The fraction of sp³-hybridized carbons (Fsp3) is 1.00. The lowest BCUT2D eigenvalue weighted by Gasteiger charge is -1.96. The van der Waals surface area contributed by atoms with E-state index in [0.717, 1.165) is 10.7 Å². The summed E-state index contributed by atoms with van der Waals surface area (Å²) in [7, 11) is 0. The van der Waals surface area contributed by atoms with Crippen LogP contribution in [0.15, 0.2) is 0 Å². The van der Waals surface area contributed by atoms with Crippen molar-refractivity contribution in [2.24, 2.45) is 5.92 Å². The van der Waals surface area contributed by atoms with Gasteiger partial charge < -0.3 is 0 Å². The van der Waals surface area contributed by atoms with Crippen LogP contribution >= 0.6 is 15.9 Å². The average molecular weight is 205 g/mol. The minimum atomic E-state index is 0.883. The van der Waals surface area contributed by atoms with Crippen molar-refractivity contribution in [2.45, 2.75) is 50.3 Å². The van der Waals surface area contributed by atoms with Crippen LogP contribution in [0.4, 0.5) is 0 Å². The number of rotatable bonds is 5. The first-order chi connectivity index (χ1) is 4.84. The van der Waals surface area contributed by atoms with Crippen LogP contribution < -0.4 is 0 Å². The zero-order valence-corrected chi connectivity index (χ0v) is 8.36. The molecule has 0 amide bonds. The monoisotopic (exact) mass is 204 g/mol. The third-order valence-corrected chi connectivity index (χ3v) is 3.39. The lowest BCUT2D eigenvalue weighted by molar-refractivity contribution is 0.599. The SMILES string of the molecule is CCCCCC[C@H]1C[C@H]1Br. The van der Waals surface area contributed by atoms with Crippen molar-refractivity contribution >= 4 is 15.9 Å². The van der Waals surface area contributed by atoms with Gasteiger partial charge in [-0.15, -0.1) is 0 Å². The normalized spacial score (nSPS) is 30.6. The molecule has 1 aliphatic rings. The van der Waals surface area contributed by atoms with E-state index in [1.54, 1.807) is 0 Å². The second-order valence-electron chi connectivity index (χ2n) is 3.36. The highest BCUT2D eigenvalue weighted by molar-refractivity contribution is 9.09. The van der Waals surface area contributed by atoms with E-state index in [1.165, 1.54) is 38.5 Å². The Bertz CT molecular complexity index is 90.7. The van der Waals surface area contributed by atoms with Crippen LogP contribution in [0.5, 0.6) is 0 Å². The summed E-state index contributed by atoms with van der Waals surface area (Å²) in [6.45, 7) is 2.27. The van der Waals surface area contributed by atoms with Gasteiger partial charge in [0, 0.05) is 4.83 Å². The van der Waals surface area contributed by atoms with E-state index in [4.69, 9.17) is 0 Å². The maximum atomic E-state index is 3.62. The molecule has 0 aliphatic heterocycles. The lowest BCUT2D eigenvalue weighted by Crippen LogP contribution is -1.81. The van der Waals surface area contributed by atoms with E-state index in [-0.39, 0.29) is 0 Å². The molecule has 0 radical (unpaired) electrons. The number of hydrogen-bond acceptors (Lipinski definition) is 0. The van der Waals surface area contributed by atoms with Crippen LogP contribution in [0.3, 0.4) is 0 Å². The number of alkyl halides is 1. The maximum absolute atomic E-state index is 3.62. The third-order valence-electron chi connectivity index (χ3n) is 2.26. The van der Waals surface area contributed by atoms with E-state index in [0.29, 0.717) is 0 Å². The Balaban J connectivity index is 1.78. The molecule has 0 spiro atoms. The fourth-order valence-corrected chi connectivity index (χ4v) is 2.09. The van der Waals surface area contributed by atoms with E-state index in [2.05, 4.69) is 22.9 Å². The Morgan fingerprint density at radius 3 is 2.50 bits per heavy atom. The van der Waals surface area contributed by atoms with Crippen molar-refractivity contribution < 1.29 is 0 Å². The molecule has 1 rings (SSSR count). The van der Waals surface area contributed by atoms with E-state index >= 15 is 0 Å². The molecule has 1 saturated carbocycles. The molecule has 1 heteroatoms. The van der Waals surface area contributed by atoms with Crippen molar-refractivity contribution in [3.8, 4) is 0 Å². The summed E-state index contributed by atoms with van der Waals surface area (Å²) in [6, 6.07) is 0. The quantitative estimate of drug-likeness (QED) is 0.473. The van der Waals surface area contributed by atoms with Crippen LogP contribution in [0.25, 0.3) is 0 Å². The van der Waals surface area contributed by atoms with Crippen molar-refractivity contribution in [2.75, 3.05) is 0 Å². The number of unbranched alkanes of at least 4 members (excludes halogenated alkanes) is 3. The Morgan fingerprint density at radius 2 is 2.00 bits per heavy atom. The highest BCUT2D eigenvalue weighted by atomic mass is 79.9. The highest BCUT2D eigenvalue weighted by Crippen LogP contribution is 2.41. The summed E-state index contributed by atoms with van der Waals surface area (Å²) >= 11 is 3.62. The molecule has 1 fully saturated rings. The minimum Gasteiger partial charge on any atom is -0.0888 e. The van der Waals surface area contributed by atoms with Gasteiger partial charge in [-0.3, -0.25) is 0 Å². The lowest BCUT2D eigenvalue weighted by atomic mass is 10.1. The van der Waals surface area contributed by atoms with Crippen molar-refractivity contribution in [3.63, 3.8) is 0 Å². The second-order valence-corrected chi connectivity index (χ2v) is 4.54. The molecule has 0 heterocycles. The number of hydrogen-bond donors (Lipinski definition) is 0. The Morgan fingerprint density at radius 1 is 1.30 bits per heavy atom. The molecule has 0 nitrogen and oxygen atoms in total. The van der Waals surface area contributed by atoms with Gasteiger partial charge in [-0.05, 0) is 18.8 Å². The van der Waals surface area contributed by atoms with Crippen LogP contribution in [-0.2, 0) is 0 Å².